The summed E-state index contributed by atoms with van der Waals surface area (Å²) in [5, 5.41) is 2.14. The molecule has 0 unspecified atom stereocenters. The molecular formula is C21H19N3O2. The molecule has 1 aliphatic heterocycles. The number of nitrogens with one attached hydrogen (secondary N) is 2. The second kappa shape index (κ2) is 5.66. The van der Waals surface area contributed by atoms with E-state index in [1.54, 1.807) is 7.11 Å². The van der Waals surface area contributed by atoms with Crippen LogP contribution in [0, 0.1) is 0 Å². The van der Waals surface area contributed by atoms with Crippen molar-refractivity contribution in [3.05, 3.63) is 65.5 Å². The quantitative estimate of drug-likeness (QED) is 0.579. The number of rotatable bonds is 2. The Labute approximate surface area is 150 Å². The SMILES string of the molecule is COc1cccc2[nH]c(C(=O)N3CCc4[nH]c5ccccc5c4C3)cc12. The number of hydrogen-bond donors (Lipinski definition) is 2. The fraction of sp³-hybridized carbons (Fsp3) is 0.190. The molecule has 5 nitrogen and oxygen atoms in total. The topological polar surface area (TPSA) is 61.1 Å². The maximum Gasteiger partial charge on any atom is 0.270 e. The minimum absolute atomic E-state index is 0.0270. The number of carbonyl (C=O) groups excluding carboxylic acids is 1. The first kappa shape index (κ1) is 15.1. The molecule has 2 aromatic heterocycles. The first-order valence-corrected chi connectivity index (χ1v) is 8.78. The number of nitrogens with zero attached hydrogens (tertiary/aromatic N) is 1. The third-order valence-electron chi connectivity index (χ3n) is 5.24. The van der Waals surface area contributed by atoms with E-state index in [-0.39, 0.29) is 5.91 Å². The number of fused-ring (bicyclic) bond motifs is 4. The predicted octanol–water partition coefficient (Wildman–Crippen LogP) is 3.86. The number of hydrogen-bond acceptors (Lipinski definition) is 2. The van der Waals surface area contributed by atoms with E-state index in [4.69, 9.17) is 4.74 Å². The van der Waals surface area contributed by atoms with Gasteiger partial charge in [-0.1, -0.05) is 24.3 Å². The van der Waals surface area contributed by atoms with Crippen LogP contribution in [0.5, 0.6) is 5.75 Å². The highest BCUT2D eigenvalue weighted by atomic mass is 16.5. The van der Waals surface area contributed by atoms with Crippen molar-refractivity contribution in [3.63, 3.8) is 0 Å². The lowest BCUT2D eigenvalue weighted by Crippen LogP contribution is -2.35. The van der Waals surface area contributed by atoms with Crippen molar-refractivity contribution in [1.29, 1.82) is 0 Å². The van der Waals surface area contributed by atoms with Crippen LogP contribution in [0.3, 0.4) is 0 Å². The summed E-state index contributed by atoms with van der Waals surface area (Å²) < 4.78 is 5.40. The Hall–Kier alpha value is -3.21. The lowest BCUT2D eigenvalue weighted by Gasteiger charge is -2.26. The molecule has 2 aromatic carbocycles. The third-order valence-corrected chi connectivity index (χ3v) is 5.24. The Morgan fingerprint density at radius 1 is 1.04 bits per heavy atom. The maximum absolute atomic E-state index is 13.1. The van der Waals surface area contributed by atoms with Crippen molar-refractivity contribution in [2.24, 2.45) is 0 Å². The summed E-state index contributed by atoms with van der Waals surface area (Å²) in [4.78, 5) is 21.7. The second-order valence-corrected chi connectivity index (χ2v) is 6.71. The fourth-order valence-corrected chi connectivity index (χ4v) is 3.93. The summed E-state index contributed by atoms with van der Waals surface area (Å²) in [7, 11) is 1.65. The molecule has 0 bridgehead atoms. The number of benzene rings is 2. The van der Waals surface area contributed by atoms with Crippen molar-refractivity contribution in [1.82, 2.24) is 14.9 Å². The van der Waals surface area contributed by atoms with Crippen LogP contribution in [-0.2, 0) is 13.0 Å². The lowest BCUT2D eigenvalue weighted by molar-refractivity contribution is 0.0730. The molecule has 0 radical (unpaired) electrons. The number of H-pyrrole nitrogens is 2. The van der Waals surface area contributed by atoms with Crippen LogP contribution in [-0.4, -0.2) is 34.4 Å². The molecule has 26 heavy (non-hydrogen) atoms. The largest absolute Gasteiger partial charge is 0.496 e. The summed E-state index contributed by atoms with van der Waals surface area (Å²) in [6.07, 6.45) is 0.847. The van der Waals surface area contributed by atoms with Gasteiger partial charge in [-0.3, -0.25) is 4.79 Å². The van der Waals surface area contributed by atoms with E-state index >= 15 is 0 Å². The average molecular weight is 345 g/mol. The van der Waals surface area contributed by atoms with E-state index in [1.807, 2.05) is 41.3 Å². The van der Waals surface area contributed by atoms with Crippen LogP contribution in [0.25, 0.3) is 21.8 Å². The van der Waals surface area contributed by atoms with Crippen LogP contribution in [0.4, 0.5) is 0 Å². The Morgan fingerprint density at radius 3 is 2.73 bits per heavy atom. The van der Waals surface area contributed by atoms with E-state index in [0.717, 1.165) is 28.6 Å². The van der Waals surface area contributed by atoms with E-state index in [1.165, 1.54) is 16.6 Å². The van der Waals surface area contributed by atoms with Gasteiger partial charge in [0.15, 0.2) is 0 Å². The number of aromatic amines is 2. The summed E-state index contributed by atoms with van der Waals surface area (Å²) >= 11 is 0. The number of aromatic nitrogens is 2. The molecule has 4 aromatic rings. The lowest BCUT2D eigenvalue weighted by atomic mass is 10.0. The van der Waals surface area contributed by atoms with Crippen LogP contribution >= 0.6 is 0 Å². The van der Waals surface area contributed by atoms with Gasteiger partial charge in [-0.15, -0.1) is 0 Å². The molecule has 5 rings (SSSR count). The van der Waals surface area contributed by atoms with Crippen LogP contribution in [0.15, 0.2) is 48.5 Å². The van der Waals surface area contributed by atoms with Gasteiger partial charge in [0.1, 0.15) is 11.4 Å². The Kier molecular flexibility index (Phi) is 3.28. The smallest absolute Gasteiger partial charge is 0.270 e. The van der Waals surface area contributed by atoms with Gasteiger partial charge in [0, 0.05) is 52.6 Å². The highest BCUT2D eigenvalue weighted by Crippen LogP contribution is 2.30. The zero-order chi connectivity index (χ0) is 17.7. The first-order chi connectivity index (χ1) is 12.7. The molecule has 1 amide bonds. The van der Waals surface area contributed by atoms with Gasteiger partial charge in [0.05, 0.1) is 7.11 Å². The normalized spacial score (nSPS) is 14.0. The Bertz CT molecular complexity index is 1140. The summed E-state index contributed by atoms with van der Waals surface area (Å²) in [6.45, 7) is 1.34. The van der Waals surface area contributed by atoms with Crippen molar-refractivity contribution < 1.29 is 9.53 Å². The van der Waals surface area contributed by atoms with Gasteiger partial charge in [0.25, 0.3) is 5.91 Å². The monoisotopic (exact) mass is 345 g/mol. The molecule has 2 N–H and O–H groups in total. The number of amides is 1. The van der Waals surface area contributed by atoms with E-state index in [2.05, 4.69) is 22.1 Å². The van der Waals surface area contributed by atoms with Crippen LogP contribution in [0.1, 0.15) is 21.7 Å². The molecule has 5 heteroatoms. The van der Waals surface area contributed by atoms with Crippen molar-refractivity contribution in [3.8, 4) is 5.75 Å². The minimum atomic E-state index is 0.0270. The number of para-hydroxylation sites is 1. The Morgan fingerprint density at radius 2 is 1.85 bits per heavy atom. The van der Waals surface area contributed by atoms with Gasteiger partial charge in [-0.05, 0) is 24.3 Å². The first-order valence-electron chi connectivity index (χ1n) is 8.78. The minimum Gasteiger partial charge on any atom is -0.496 e. The molecule has 0 aliphatic carbocycles. The van der Waals surface area contributed by atoms with Crippen molar-refractivity contribution in [2.45, 2.75) is 13.0 Å². The van der Waals surface area contributed by atoms with E-state index in [9.17, 15) is 4.79 Å². The van der Waals surface area contributed by atoms with Crippen molar-refractivity contribution >= 4 is 27.7 Å². The molecule has 0 fully saturated rings. The zero-order valence-electron chi connectivity index (χ0n) is 14.5. The standard InChI is InChI=1S/C21H19N3O2/c1-26-20-8-4-7-17-14(20)11-19(23-17)21(25)24-10-9-18-15(12-24)13-5-2-3-6-16(13)22-18/h2-8,11,22-23H,9-10,12H2,1H3. The Balaban J connectivity index is 1.50. The fourth-order valence-electron chi connectivity index (χ4n) is 3.93. The van der Waals surface area contributed by atoms with Gasteiger partial charge in [-0.25, -0.2) is 0 Å². The molecule has 3 heterocycles. The van der Waals surface area contributed by atoms with Crippen LogP contribution < -0.4 is 4.74 Å². The van der Waals surface area contributed by atoms with E-state index < -0.39 is 0 Å². The number of methoxy groups -OCH3 is 1. The molecular weight excluding hydrogens is 326 g/mol. The summed E-state index contributed by atoms with van der Waals surface area (Å²) in [6, 6.07) is 16.0. The number of ether oxygens (including phenoxy) is 1. The molecule has 0 saturated carbocycles. The average Bonchev–Trinajstić information content (AvgIpc) is 3.28. The predicted molar refractivity (Wildman–Crippen MR) is 102 cm³/mol. The molecule has 0 saturated heterocycles. The van der Waals surface area contributed by atoms with Crippen molar-refractivity contribution in [2.75, 3.05) is 13.7 Å². The van der Waals surface area contributed by atoms with Gasteiger partial charge in [-0.2, -0.15) is 0 Å². The molecule has 130 valence electrons. The summed E-state index contributed by atoms with van der Waals surface area (Å²) in [5.41, 5.74) is 5.13. The van der Waals surface area contributed by atoms with E-state index in [0.29, 0.717) is 18.8 Å². The highest BCUT2D eigenvalue weighted by molar-refractivity contribution is 6.00. The molecule has 0 spiro atoms. The third kappa shape index (κ3) is 2.20. The second-order valence-electron chi connectivity index (χ2n) is 6.71. The van der Waals surface area contributed by atoms with Gasteiger partial charge < -0.3 is 19.6 Å². The highest BCUT2D eigenvalue weighted by Gasteiger charge is 2.25. The molecule has 0 atom stereocenters. The van der Waals surface area contributed by atoms with Crippen LogP contribution in [0.2, 0.25) is 0 Å². The van der Waals surface area contributed by atoms with Gasteiger partial charge in [0.2, 0.25) is 0 Å². The maximum atomic E-state index is 13.1. The number of carbonyl (C=O) groups is 1. The van der Waals surface area contributed by atoms with Gasteiger partial charge >= 0.3 is 0 Å². The molecule has 1 aliphatic rings. The zero-order valence-corrected chi connectivity index (χ0v) is 14.5. The summed E-state index contributed by atoms with van der Waals surface area (Å²) in [5.74, 6) is 0.801.